The number of esters is 3. The first-order chi connectivity index (χ1) is 27.7. The Morgan fingerprint density at radius 1 is 0.333 bits per heavy atom. The third-order valence-electron chi connectivity index (χ3n) is 11.5. The number of carbonyl (C=O) groups is 3. The molecule has 0 fully saturated rings. The Labute approximate surface area is 355 Å². The Balaban J connectivity index is 4.26. The zero-order chi connectivity index (χ0) is 41.9. The summed E-state index contributed by atoms with van der Waals surface area (Å²) in [5.74, 6) is 0.801. The normalized spacial score (nSPS) is 12.1. The fraction of sp³-hybridized carbons (Fsp3) is 0.941. The van der Waals surface area contributed by atoms with E-state index in [1.807, 2.05) is 0 Å². The second-order valence-electron chi connectivity index (χ2n) is 18.4. The summed E-state index contributed by atoms with van der Waals surface area (Å²) in [6.07, 6.45) is 43.8. The first-order valence-corrected chi connectivity index (χ1v) is 25.2. The first-order valence-electron chi connectivity index (χ1n) is 25.2. The van der Waals surface area contributed by atoms with E-state index in [9.17, 15) is 14.4 Å². The highest BCUT2D eigenvalue weighted by molar-refractivity contribution is 5.71. The minimum Gasteiger partial charge on any atom is -0.462 e. The second kappa shape index (κ2) is 44.0. The van der Waals surface area contributed by atoms with Gasteiger partial charge in [0.25, 0.3) is 0 Å². The summed E-state index contributed by atoms with van der Waals surface area (Å²) < 4.78 is 16.8. The molecule has 0 unspecified atom stereocenters. The molecule has 0 saturated heterocycles. The Morgan fingerprint density at radius 2 is 0.579 bits per heavy atom. The third-order valence-corrected chi connectivity index (χ3v) is 11.5. The van der Waals surface area contributed by atoms with Crippen molar-refractivity contribution >= 4 is 17.9 Å². The second-order valence-corrected chi connectivity index (χ2v) is 18.4. The summed E-state index contributed by atoms with van der Waals surface area (Å²) in [6.45, 7) is 11.3. The number of hydrogen-bond acceptors (Lipinski definition) is 6. The van der Waals surface area contributed by atoms with E-state index in [1.165, 1.54) is 167 Å². The highest BCUT2D eigenvalue weighted by Gasteiger charge is 2.19. The van der Waals surface area contributed by atoms with Crippen LogP contribution >= 0.6 is 0 Å². The van der Waals surface area contributed by atoms with Crippen molar-refractivity contribution in [2.75, 3.05) is 13.2 Å². The van der Waals surface area contributed by atoms with Crippen LogP contribution < -0.4 is 0 Å². The minimum atomic E-state index is -0.760. The molecule has 0 aromatic heterocycles. The molecule has 0 aromatic carbocycles. The van der Waals surface area contributed by atoms with Crippen LogP contribution in [0.5, 0.6) is 0 Å². The van der Waals surface area contributed by atoms with Gasteiger partial charge >= 0.3 is 17.9 Å². The Morgan fingerprint density at radius 3 is 0.860 bits per heavy atom. The van der Waals surface area contributed by atoms with E-state index in [-0.39, 0.29) is 31.1 Å². The van der Waals surface area contributed by atoms with E-state index < -0.39 is 6.10 Å². The van der Waals surface area contributed by atoms with Gasteiger partial charge in [0, 0.05) is 19.3 Å². The van der Waals surface area contributed by atoms with Gasteiger partial charge in [0.15, 0.2) is 6.10 Å². The fourth-order valence-electron chi connectivity index (χ4n) is 7.64. The van der Waals surface area contributed by atoms with Crippen LogP contribution in [0.25, 0.3) is 0 Å². The van der Waals surface area contributed by atoms with Crippen molar-refractivity contribution < 1.29 is 28.6 Å². The van der Waals surface area contributed by atoms with Crippen LogP contribution in [0.2, 0.25) is 0 Å². The average molecular weight is 807 g/mol. The molecule has 0 radical (unpaired) electrons. The lowest BCUT2D eigenvalue weighted by atomic mass is 10.0. The maximum absolute atomic E-state index is 12.7. The lowest BCUT2D eigenvalue weighted by molar-refractivity contribution is -0.167. The van der Waals surface area contributed by atoms with E-state index in [0.717, 1.165) is 69.6 Å². The molecular formula is C51H98O6. The molecule has 0 aliphatic carbocycles. The van der Waals surface area contributed by atoms with Gasteiger partial charge in [-0.05, 0) is 31.1 Å². The van der Waals surface area contributed by atoms with Crippen LogP contribution in [-0.4, -0.2) is 37.2 Å². The molecule has 57 heavy (non-hydrogen) atoms. The summed E-state index contributed by atoms with van der Waals surface area (Å²) in [4.78, 5) is 37.8. The summed E-state index contributed by atoms with van der Waals surface area (Å²) in [7, 11) is 0. The lowest BCUT2D eigenvalue weighted by Gasteiger charge is -2.18. The van der Waals surface area contributed by atoms with E-state index in [4.69, 9.17) is 14.2 Å². The molecule has 0 rings (SSSR count). The van der Waals surface area contributed by atoms with Crippen molar-refractivity contribution in [3.8, 4) is 0 Å². The Hall–Kier alpha value is -1.59. The van der Waals surface area contributed by atoms with Crippen molar-refractivity contribution in [1.82, 2.24) is 0 Å². The van der Waals surface area contributed by atoms with E-state index in [2.05, 4.69) is 34.6 Å². The van der Waals surface area contributed by atoms with Crippen LogP contribution in [0.15, 0.2) is 0 Å². The van der Waals surface area contributed by atoms with Crippen LogP contribution in [0.4, 0.5) is 0 Å². The van der Waals surface area contributed by atoms with Gasteiger partial charge in [-0.25, -0.2) is 0 Å². The maximum atomic E-state index is 12.7. The van der Waals surface area contributed by atoms with Crippen molar-refractivity contribution in [2.45, 2.75) is 285 Å². The van der Waals surface area contributed by atoms with Gasteiger partial charge in [-0.3, -0.25) is 14.4 Å². The van der Waals surface area contributed by atoms with Gasteiger partial charge in [-0.15, -0.1) is 0 Å². The molecule has 0 bridgehead atoms. The van der Waals surface area contributed by atoms with Crippen LogP contribution in [0.3, 0.4) is 0 Å². The Bertz CT molecular complexity index is 870. The largest absolute Gasteiger partial charge is 0.462 e. The topological polar surface area (TPSA) is 78.9 Å². The molecule has 6 nitrogen and oxygen atoms in total. The van der Waals surface area contributed by atoms with Gasteiger partial charge in [-0.2, -0.15) is 0 Å². The zero-order valence-electron chi connectivity index (χ0n) is 39.0. The predicted molar refractivity (Wildman–Crippen MR) is 243 cm³/mol. The predicted octanol–water partition coefficient (Wildman–Crippen LogP) is 16.1. The quantitative estimate of drug-likeness (QED) is 0.0346. The standard InChI is InChI=1S/C51H98O6/c1-6-7-8-9-10-11-21-28-33-38-43-51(54)57-48(45-56-50(53)42-37-32-27-23-18-20-25-30-35-40-47(4)5)44-55-49(52)41-36-31-26-22-17-15-13-12-14-16-19-24-29-34-39-46(2)3/h46-48H,6-45H2,1-5H3/t48-/m1/s1. The van der Waals surface area contributed by atoms with Gasteiger partial charge in [0.05, 0.1) is 0 Å². The molecule has 0 aliphatic rings. The monoisotopic (exact) mass is 807 g/mol. The van der Waals surface area contributed by atoms with Crippen molar-refractivity contribution in [3.05, 3.63) is 0 Å². The molecule has 6 heteroatoms. The molecule has 0 N–H and O–H groups in total. The summed E-state index contributed by atoms with van der Waals surface area (Å²) in [5, 5.41) is 0. The fourth-order valence-corrected chi connectivity index (χ4v) is 7.64. The average Bonchev–Trinajstić information content (AvgIpc) is 3.18. The van der Waals surface area contributed by atoms with Gasteiger partial charge < -0.3 is 14.2 Å². The van der Waals surface area contributed by atoms with E-state index >= 15 is 0 Å². The van der Waals surface area contributed by atoms with Crippen molar-refractivity contribution in [3.63, 3.8) is 0 Å². The molecule has 0 saturated carbocycles. The lowest BCUT2D eigenvalue weighted by Crippen LogP contribution is -2.30. The molecular weight excluding hydrogens is 709 g/mol. The van der Waals surface area contributed by atoms with E-state index in [0.29, 0.717) is 19.3 Å². The number of ether oxygens (including phenoxy) is 3. The van der Waals surface area contributed by atoms with Gasteiger partial charge in [-0.1, -0.05) is 240 Å². The smallest absolute Gasteiger partial charge is 0.306 e. The van der Waals surface area contributed by atoms with Crippen molar-refractivity contribution in [1.29, 1.82) is 0 Å². The van der Waals surface area contributed by atoms with Crippen molar-refractivity contribution in [2.24, 2.45) is 11.8 Å². The molecule has 0 spiro atoms. The highest BCUT2D eigenvalue weighted by atomic mass is 16.6. The van der Waals surface area contributed by atoms with Crippen LogP contribution in [0, 0.1) is 11.8 Å². The molecule has 0 aromatic rings. The first kappa shape index (κ1) is 55.4. The maximum Gasteiger partial charge on any atom is 0.306 e. The SMILES string of the molecule is CCCCCCCCCCCCC(=O)O[C@H](COC(=O)CCCCCCCCCCCCCCCCC(C)C)COC(=O)CCCCCCCCCCCC(C)C. The molecule has 0 amide bonds. The number of carbonyl (C=O) groups excluding carboxylic acids is 3. The zero-order valence-corrected chi connectivity index (χ0v) is 39.0. The summed E-state index contributed by atoms with van der Waals surface area (Å²) in [6, 6.07) is 0. The number of unbranched alkanes of at least 4 members (excludes halogenated alkanes) is 30. The number of rotatable bonds is 45. The summed E-state index contributed by atoms with van der Waals surface area (Å²) in [5.41, 5.74) is 0. The van der Waals surface area contributed by atoms with Gasteiger partial charge in [0.2, 0.25) is 0 Å². The highest BCUT2D eigenvalue weighted by Crippen LogP contribution is 2.17. The molecule has 0 aliphatic heterocycles. The molecule has 1 atom stereocenters. The number of hydrogen-bond donors (Lipinski definition) is 0. The van der Waals surface area contributed by atoms with Gasteiger partial charge in [0.1, 0.15) is 13.2 Å². The molecule has 0 heterocycles. The minimum absolute atomic E-state index is 0.0640. The summed E-state index contributed by atoms with van der Waals surface area (Å²) >= 11 is 0. The van der Waals surface area contributed by atoms with Crippen LogP contribution in [0.1, 0.15) is 279 Å². The third kappa shape index (κ3) is 45.3. The van der Waals surface area contributed by atoms with Crippen LogP contribution in [-0.2, 0) is 28.6 Å². The van der Waals surface area contributed by atoms with E-state index in [1.54, 1.807) is 0 Å². The Kier molecular flexibility index (Phi) is 42.7. The molecule has 338 valence electrons.